The molecule has 1 aromatic carbocycles. The lowest BCUT2D eigenvalue weighted by molar-refractivity contribution is 0.0801. The van der Waals surface area contributed by atoms with Gasteiger partial charge < -0.3 is 10.2 Å². The molecular weight excluding hydrogens is 363 g/mol. The molecule has 2 heterocycles. The summed E-state index contributed by atoms with van der Waals surface area (Å²) in [6.45, 7) is 3.30. The van der Waals surface area contributed by atoms with E-state index in [2.05, 4.69) is 10.4 Å². The van der Waals surface area contributed by atoms with Gasteiger partial charge >= 0.3 is 0 Å². The molecule has 3 rings (SSSR count). The maximum absolute atomic E-state index is 13.1. The van der Waals surface area contributed by atoms with Gasteiger partial charge in [0.1, 0.15) is 10.6 Å². The van der Waals surface area contributed by atoms with E-state index < -0.39 is 0 Å². The molecule has 0 atom stereocenters. The lowest BCUT2D eigenvalue weighted by Crippen LogP contribution is -2.32. The minimum atomic E-state index is -0.285. The van der Waals surface area contributed by atoms with Gasteiger partial charge in [-0.3, -0.25) is 4.79 Å². The molecule has 3 aromatic rings. The molecular formula is C17H20ClFN4OS. The minimum absolute atomic E-state index is 0. The van der Waals surface area contributed by atoms with Crippen LogP contribution >= 0.6 is 23.7 Å². The summed E-state index contributed by atoms with van der Waals surface area (Å²) in [7, 11) is 3.65. The van der Waals surface area contributed by atoms with Gasteiger partial charge in [0.2, 0.25) is 0 Å². The Bertz CT molecular complexity index is 875. The Balaban J connectivity index is 0.00000225. The van der Waals surface area contributed by atoms with Crippen molar-refractivity contribution >= 4 is 39.9 Å². The largest absolute Gasteiger partial charge is 0.340 e. The quantitative estimate of drug-likeness (QED) is 0.737. The van der Waals surface area contributed by atoms with E-state index in [0.29, 0.717) is 11.4 Å². The van der Waals surface area contributed by atoms with Gasteiger partial charge in [0, 0.05) is 25.5 Å². The van der Waals surface area contributed by atoms with Crippen molar-refractivity contribution in [3.05, 3.63) is 46.7 Å². The van der Waals surface area contributed by atoms with Gasteiger partial charge in [-0.1, -0.05) is 0 Å². The van der Waals surface area contributed by atoms with Crippen LogP contribution in [0.1, 0.15) is 15.4 Å². The van der Waals surface area contributed by atoms with Gasteiger partial charge in [-0.2, -0.15) is 5.10 Å². The number of thiophene rings is 1. The van der Waals surface area contributed by atoms with E-state index >= 15 is 0 Å². The maximum atomic E-state index is 13.1. The van der Waals surface area contributed by atoms with E-state index in [9.17, 15) is 9.18 Å². The summed E-state index contributed by atoms with van der Waals surface area (Å²) in [4.78, 5) is 15.8. The van der Waals surface area contributed by atoms with Crippen LogP contribution in [-0.4, -0.2) is 47.8 Å². The molecule has 25 heavy (non-hydrogen) atoms. The number of halogens is 2. The highest BCUT2D eigenvalue weighted by molar-refractivity contribution is 7.20. The number of nitrogens with zero attached hydrogens (tertiary/aromatic N) is 3. The first-order valence-electron chi connectivity index (χ1n) is 7.66. The third-order valence-electron chi connectivity index (χ3n) is 3.87. The van der Waals surface area contributed by atoms with E-state index in [-0.39, 0.29) is 24.1 Å². The van der Waals surface area contributed by atoms with Crippen molar-refractivity contribution in [2.75, 3.05) is 27.2 Å². The first kappa shape index (κ1) is 19.4. The molecule has 134 valence electrons. The molecule has 2 aromatic heterocycles. The number of hydrogen-bond acceptors (Lipinski definition) is 4. The summed E-state index contributed by atoms with van der Waals surface area (Å²) in [5, 5.41) is 8.50. The Morgan fingerprint density at radius 1 is 1.36 bits per heavy atom. The van der Waals surface area contributed by atoms with Crippen LogP contribution < -0.4 is 5.32 Å². The number of nitrogens with one attached hydrogen (secondary N) is 1. The predicted molar refractivity (Wildman–Crippen MR) is 102 cm³/mol. The number of amides is 1. The molecule has 0 radical (unpaired) electrons. The van der Waals surface area contributed by atoms with Gasteiger partial charge in [-0.05, 0) is 44.3 Å². The van der Waals surface area contributed by atoms with Crippen LogP contribution in [0.2, 0.25) is 0 Å². The molecule has 0 bridgehead atoms. The van der Waals surface area contributed by atoms with Crippen molar-refractivity contribution in [3.63, 3.8) is 0 Å². The zero-order valence-corrected chi connectivity index (χ0v) is 15.9. The smallest absolute Gasteiger partial charge is 0.263 e. The summed E-state index contributed by atoms with van der Waals surface area (Å²) in [5.41, 5.74) is 1.63. The number of likely N-dealkylation sites (N-methyl/N-ethyl adjacent to an activating group) is 2. The van der Waals surface area contributed by atoms with Crippen LogP contribution in [0.15, 0.2) is 30.3 Å². The second kappa shape index (κ2) is 7.95. The number of hydrogen-bond donors (Lipinski definition) is 1. The van der Waals surface area contributed by atoms with Crippen LogP contribution in [0.5, 0.6) is 0 Å². The third kappa shape index (κ3) is 3.84. The Hall–Kier alpha value is -1.96. The molecule has 0 unspecified atom stereocenters. The molecule has 0 saturated heterocycles. The molecule has 0 fully saturated rings. The Labute approximate surface area is 155 Å². The number of aromatic nitrogens is 2. The van der Waals surface area contributed by atoms with E-state index in [4.69, 9.17) is 0 Å². The van der Waals surface area contributed by atoms with Gasteiger partial charge in [-0.15, -0.1) is 23.7 Å². The topological polar surface area (TPSA) is 50.2 Å². The maximum Gasteiger partial charge on any atom is 0.263 e. The van der Waals surface area contributed by atoms with Crippen molar-refractivity contribution in [2.24, 2.45) is 0 Å². The van der Waals surface area contributed by atoms with Crippen LogP contribution in [0.25, 0.3) is 15.9 Å². The fourth-order valence-electron chi connectivity index (χ4n) is 2.48. The van der Waals surface area contributed by atoms with Crippen molar-refractivity contribution in [3.8, 4) is 5.69 Å². The number of rotatable bonds is 5. The Kier molecular flexibility index (Phi) is 6.16. The second-order valence-electron chi connectivity index (χ2n) is 5.63. The van der Waals surface area contributed by atoms with Gasteiger partial charge in [0.15, 0.2) is 0 Å². The van der Waals surface area contributed by atoms with E-state index in [0.717, 1.165) is 28.1 Å². The minimum Gasteiger partial charge on any atom is -0.340 e. The highest BCUT2D eigenvalue weighted by atomic mass is 35.5. The first-order chi connectivity index (χ1) is 11.5. The lowest BCUT2D eigenvalue weighted by Gasteiger charge is -2.15. The highest BCUT2D eigenvalue weighted by Crippen LogP contribution is 2.31. The molecule has 0 spiro atoms. The monoisotopic (exact) mass is 382 g/mol. The summed E-state index contributed by atoms with van der Waals surface area (Å²) in [6.07, 6.45) is 0. The van der Waals surface area contributed by atoms with Crippen LogP contribution in [0.4, 0.5) is 4.39 Å². The van der Waals surface area contributed by atoms with Crippen molar-refractivity contribution < 1.29 is 9.18 Å². The molecule has 0 aliphatic rings. The number of fused-ring (bicyclic) bond motifs is 1. The van der Waals surface area contributed by atoms with Crippen molar-refractivity contribution in [1.82, 2.24) is 20.0 Å². The summed E-state index contributed by atoms with van der Waals surface area (Å²) in [6, 6.07) is 8.07. The summed E-state index contributed by atoms with van der Waals surface area (Å²) in [5.74, 6) is -0.288. The molecule has 0 aliphatic heterocycles. The van der Waals surface area contributed by atoms with E-state index in [1.54, 1.807) is 28.8 Å². The van der Waals surface area contributed by atoms with Gasteiger partial charge in [0.25, 0.3) is 5.91 Å². The molecule has 1 N–H and O–H groups in total. The number of carbonyl (C=O) groups is 1. The molecule has 0 saturated carbocycles. The van der Waals surface area contributed by atoms with Crippen molar-refractivity contribution in [2.45, 2.75) is 6.92 Å². The normalized spacial score (nSPS) is 10.7. The first-order valence-corrected chi connectivity index (χ1v) is 8.48. The number of benzene rings is 1. The number of carbonyl (C=O) groups excluding carboxylic acids is 1. The van der Waals surface area contributed by atoms with Gasteiger partial charge in [-0.25, -0.2) is 9.07 Å². The fraction of sp³-hybridized carbons (Fsp3) is 0.294. The SMILES string of the molecule is CNCCN(C)C(=O)c1cc2c(C)nn(-c3ccc(F)cc3)c2s1.Cl. The average Bonchev–Trinajstić information content (AvgIpc) is 3.13. The predicted octanol–water partition coefficient (Wildman–Crippen LogP) is 3.25. The molecule has 5 nitrogen and oxygen atoms in total. The zero-order chi connectivity index (χ0) is 17.3. The van der Waals surface area contributed by atoms with Crippen LogP contribution in [-0.2, 0) is 0 Å². The van der Waals surface area contributed by atoms with E-state index in [1.165, 1.54) is 23.5 Å². The summed E-state index contributed by atoms with van der Waals surface area (Å²) < 4.78 is 14.9. The lowest BCUT2D eigenvalue weighted by atomic mass is 10.3. The third-order valence-corrected chi connectivity index (χ3v) is 4.97. The Morgan fingerprint density at radius 3 is 2.68 bits per heavy atom. The average molecular weight is 383 g/mol. The van der Waals surface area contributed by atoms with E-state index in [1.807, 2.05) is 20.0 Å². The summed E-state index contributed by atoms with van der Waals surface area (Å²) >= 11 is 1.41. The van der Waals surface area contributed by atoms with Crippen molar-refractivity contribution in [1.29, 1.82) is 0 Å². The molecule has 8 heteroatoms. The molecule has 1 amide bonds. The van der Waals surface area contributed by atoms with Gasteiger partial charge in [0.05, 0.1) is 16.3 Å². The molecule has 0 aliphatic carbocycles. The van der Waals surface area contributed by atoms with Crippen LogP contribution in [0, 0.1) is 12.7 Å². The standard InChI is InChI=1S/C17H19FN4OS.ClH/c1-11-14-10-15(16(23)21(3)9-8-19-2)24-17(14)22(20-11)13-6-4-12(18)5-7-13;/h4-7,10,19H,8-9H2,1-3H3;1H. The second-order valence-corrected chi connectivity index (χ2v) is 6.66. The highest BCUT2D eigenvalue weighted by Gasteiger charge is 2.19. The number of aryl methyl sites for hydroxylation is 1. The Morgan fingerprint density at radius 2 is 2.04 bits per heavy atom. The zero-order valence-electron chi connectivity index (χ0n) is 14.2. The van der Waals surface area contributed by atoms with Crippen LogP contribution in [0.3, 0.4) is 0 Å². The fourth-order valence-corrected chi connectivity index (χ4v) is 3.66.